The molecule has 0 aromatic carbocycles. The summed E-state index contributed by atoms with van der Waals surface area (Å²) in [6.45, 7) is 8.79. The van der Waals surface area contributed by atoms with Gasteiger partial charge < -0.3 is 4.74 Å². The highest BCUT2D eigenvalue weighted by atomic mass is 16.5. The van der Waals surface area contributed by atoms with Crippen molar-refractivity contribution in [3.05, 3.63) is 6.92 Å². The average Bonchev–Trinajstić information content (AvgIpc) is 1.60. The largest absolute Gasteiger partial charge is 0.348 e. The van der Waals surface area contributed by atoms with Gasteiger partial charge >= 0.3 is 0 Å². The first kappa shape index (κ1) is 9.59. The van der Waals surface area contributed by atoms with E-state index in [0.29, 0.717) is 6.29 Å². The van der Waals surface area contributed by atoms with E-state index >= 15 is 0 Å². The molecule has 0 rings (SSSR count). The lowest BCUT2D eigenvalue weighted by molar-refractivity contribution is -0.141. The number of rotatable bonds is 2. The first-order chi connectivity index (χ1) is 4.27. The Morgan fingerprint density at radius 2 is 1.90 bits per heavy atom. The Morgan fingerprint density at radius 1 is 1.50 bits per heavy atom. The van der Waals surface area contributed by atoms with Gasteiger partial charge in [-0.2, -0.15) is 0 Å². The second-order valence-corrected chi connectivity index (χ2v) is 3.29. The molecular formula is C7H14NO2. The molecule has 0 aliphatic rings. The van der Waals surface area contributed by atoms with E-state index < -0.39 is 11.3 Å². The van der Waals surface area contributed by atoms with Crippen LogP contribution >= 0.6 is 0 Å². The summed E-state index contributed by atoms with van der Waals surface area (Å²) < 4.78 is 5.07. The molecule has 1 atom stereocenters. The zero-order valence-corrected chi connectivity index (χ0v) is 6.68. The summed E-state index contributed by atoms with van der Waals surface area (Å²) in [6.07, 6.45) is 0.484. The van der Waals surface area contributed by atoms with Crippen LogP contribution in [0.4, 0.5) is 0 Å². The lowest BCUT2D eigenvalue weighted by atomic mass is 10.1. The van der Waals surface area contributed by atoms with E-state index in [1.807, 2.05) is 20.8 Å². The summed E-state index contributed by atoms with van der Waals surface area (Å²) in [7, 11) is 0. The van der Waals surface area contributed by atoms with Crippen molar-refractivity contribution in [3.8, 4) is 0 Å². The van der Waals surface area contributed by atoms with Crippen molar-refractivity contribution in [2.75, 3.05) is 0 Å². The molecule has 0 saturated carbocycles. The van der Waals surface area contributed by atoms with E-state index in [0.717, 1.165) is 0 Å². The maximum atomic E-state index is 10.2. The molecule has 0 amide bonds. The lowest BCUT2D eigenvalue weighted by Crippen LogP contribution is -2.46. The molecule has 0 bridgehead atoms. The first-order valence-corrected chi connectivity index (χ1v) is 3.07. The van der Waals surface area contributed by atoms with Crippen LogP contribution in [0.3, 0.4) is 0 Å². The lowest BCUT2D eigenvalue weighted by Gasteiger charge is -2.28. The highest BCUT2D eigenvalue weighted by Gasteiger charge is 2.25. The van der Waals surface area contributed by atoms with Gasteiger partial charge in [-0.05, 0) is 20.8 Å². The van der Waals surface area contributed by atoms with Gasteiger partial charge in [-0.15, -0.1) is 0 Å². The van der Waals surface area contributed by atoms with Crippen LogP contribution in [0.5, 0.6) is 0 Å². The minimum absolute atomic E-state index is 0.433. The number of aldehydes is 1. The van der Waals surface area contributed by atoms with Gasteiger partial charge in [0.15, 0.2) is 12.0 Å². The first-order valence-electron chi connectivity index (χ1n) is 3.07. The molecule has 0 aromatic heterocycles. The van der Waals surface area contributed by atoms with Crippen LogP contribution in [0.1, 0.15) is 20.8 Å². The molecule has 0 aromatic rings. The highest BCUT2D eigenvalue weighted by molar-refractivity contribution is 5.62. The maximum absolute atomic E-state index is 10.2. The summed E-state index contributed by atoms with van der Waals surface area (Å²) in [5.41, 5.74) is 3.46. The van der Waals surface area contributed by atoms with Crippen LogP contribution in [0.2, 0.25) is 0 Å². The molecule has 3 nitrogen and oxygen atoms in total. The monoisotopic (exact) mass is 144 g/mol. The topological polar surface area (TPSA) is 52.3 Å². The van der Waals surface area contributed by atoms with Crippen molar-refractivity contribution in [1.29, 1.82) is 0 Å². The maximum Gasteiger partial charge on any atom is 0.173 e. The molecule has 0 aliphatic heterocycles. The molecule has 0 aliphatic carbocycles. The van der Waals surface area contributed by atoms with Crippen molar-refractivity contribution in [3.63, 3.8) is 0 Å². The number of carbonyl (C=O) groups is 1. The Balaban J connectivity index is 4.01. The molecule has 3 heteroatoms. The number of carbonyl (C=O) groups excluding carboxylic acids is 1. The van der Waals surface area contributed by atoms with Crippen LogP contribution in [-0.4, -0.2) is 17.6 Å². The van der Waals surface area contributed by atoms with Gasteiger partial charge in [0.05, 0.1) is 5.60 Å². The van der Waals surface area contributed by atoms with E-state index in [9.17, 15) is 4.79 Å². The smallest absolute Gasteiger partial charge is 0.173 e. The van der Waals surface area contributed by atoms with Crippen molar-refractivity contribution < 1.29 is 9.53 Å². The SMILES string of the molecule is [CH2]C(N)(C=O)OC(C)(C)C. The Labute approximate surface area is 61.5 Å². The fraction of sp³-hybridized carbons (Fsp3) is 0.714. The minimum Gasteiger partial charge on any atom is -0.348 e. The number of hydrogen-bond acceptors (Lipinski definition) is 3. The average molecular weight is 144 g/mol. The third-order valence-electron chi connectivity index (χ3n) is 0.696. The van der Waals surface area contributed by atoms with E-state index in [4.69, 9.17) is 10.5 Å². The molecule has 10 heavy (non-hydrogen) atoms. The summed E-state index contributed by atoms with van der Waals surface area (Å²) in [5.74, 6) is 0. The van der Waals surface area contributed by atoms with Gasteiger partial charge in [0, 0.05) is 6.92 Å². The van der Waals surface area contributed by atoms with Crippen LogP contribution in [-0.2, 0) is 9.53 Å². The van der Waals surface area contributed by atoms with E-state index in [1.165, 1.54) is 0 Å². The highest BCUT2D eigenvalue weighted by Crippen LogP contribution is 2.12. The van der Waals surface area contributed by atoms with Gasteiger partial charge in [0.2, 0.25) is 0 Å². The fourth-order valence-corrected chi connectivity index (χ4v) is 0.594. The molecular weight excluding hydrogens is 130 g/mol. The number of ether oxygens (including phenoxy) is 1. The molecule has 2 N–H and O–H groups in total. The van der Waals surface area contributed by atoms with Gasteiger partial charge in [0.25, 0.3) is 0 Å². The van der Waals surface area contributed by atoms with E-state index in [2.05, 4.69) is 6.92 Å². The Kier molecular flexibility index (Phi) is 2.57. The van der Waals surface area contributed by atoms with Crippen molar-refractivity contribution in [2.24, 2.45) is 5.73 Å². The quantitative estimate of drug-likeness (QED) is 0.453. The molecule has 0 fully saturated rings. The standard InChI is InChI=1S/C7H14NO2/c1-6(2,3)10-7(4,8)5-9/h5H,4,8H2,1-3H3. The normalized spacial score (nSPS) is 18.1. The second kappa shape index (κ2) is 2.68. The number of hydrogen-bond donors (Lipinski definition) is 1. The Morgan fingerprint density at radius 3 is 2.00 bits per heavy atom. The zero-order valence-electron chi connectivity index (χ0n) is 6.68. The van der Waals surface area contributed by atoms with Gasteiger partial charge in [0.1, 0.15) is 0 Å². The Hall–Kier alpha value is -0.410. The van der Waals surface area contributed by atoms with Crippen LogP contribution in [0, 0.1) is 6.92 Å². The minimum atomic E-state index is -1.40. The third kappa shape index (κ3) is 4.47. The molecule has 0 spiro atoms. The molecule has 0 heterocycles. The third-order valence-corrected chi connectivity index (χ3v) is 0.696. The molecule has 1 radical (unpaired) electrons. The molecule has 59 valence electrons. The second-order valence-electron chi connectivity index (χ2n) is 3.29. The van der Waals surface area contributed by atoms with Crippen LogP contribution in [0.15, 0.2) is 0 Å². The Bertz CT molecular complexity index is 124. The molecule has 0 saturated heterocycles. The van der Waals surface area contributed by atoms with Crippen LogP contribution in [0.25, 0.3) is 0 Å². The zero-order chi connectivity index (χ0) is 8.41. The summed E-state index contributed by atoms with van der Waals surface area (Å²) in [6, 6.07) is 0. The van der Waals surface area contributed by atoms with Gasteiger partial charge in [-0.3, -0.25) is 10.5 Å². The number of nitrogens with two attached hydrogens (primary N) is 1. The van der Waals surface area contributed by atoms with Crippen LogP contribution < -0.4 is 5.73 Å². The summed E-state index contributed by atoms with van der Waals surface area (Å²) in [4.78, 5) is 10.2. The van der Waals surface area contributed by atoms with Gasteiger partial charge in [-0.1, -0.05) is 0 Å². The predicted octanol–water partition coefficient (Wildman–Crippen LogP) is 0.489. The summed E-state index contributed by atoms with van der Waals surface area (Å²) in [5, 5.41) is 0. The van der Waals surface area contributed by atoms with Crippen molar-refractivity contribution in [2.45, 2.75) is 32.1 Å². The summed E-state index contributed by atoms with van der Waals surface area (Å²) >= 11 is 0. The predicted molar refractivity (Wildman–Crippen MR) is 39.2 cm³/mol. The van der Waals surface area contributed by atoms with E-state index in [-0.39, 0.29) is 0 Å². The van der Waals surface area contributed by atoms with Gasteiger partial charge in [-0.25, -0.2) is 0 Å². The fourth-order valence-electron chi connectivity index (χ4n) is 0.594. The van der Waals surface area contributed by atoms with E-state index in [1.54, 1.807) is 0 Å². The molecule has 1 unspecified atom stereocenters. The van der Waals surface area contributed by atoms with Crippen molar-refractivity contribution >= 4 is 6.29 Å². The van der Waals surface area contributed by atoms with Crippen molar-refractivity contribution in [1.82, 2.24) is 0 Å².